The average Bonchev–Trinajstić information content (AvgIpc) is 2.15. The van der Waals surface area contributed by atoms with Gasteiger partial charge < -0.3 is 15.6 Å². The molecule has 0 fully saturated rings. The van der Waals surface area contributed by atoms with Crippen LogP contribution in [-0.2, 0) is 12.0 Å². The molecule has 3 heteroatoms. The highest BCUT2D eigenvalue weighted by atomic mass is 16.5. The molecule has 0 heterocycles. The van der Waals surface area contributed by atoms with E-state index in [0.717, 1.165) is 16.9 Å². The molecule has 1 atom stereocenters. The molecule has 0 aliphatic rings. The van der Waals surface area contributed by atoms with Gasteiger partial charge in [-0.25, -0.2) is 0 Å². The van der Waals surface area contributed by atoms with E-state index in [9.17, 15) is 5.11 Å². The minimum absolute atomic E-state index is 0.405. The summed E-state index contributed by atoms with van der Waals surface area (Å²) < 4.78 is 5.32. The van der Waals surface area contributed by atoms with Crippen LogP contribution in [-0.4, -0.2) is 18.3 Å². The standard InChI is InChI=1S/C13H21NO2/c1-9(15)8-10-11(13(2,3)14)6-5-7-12(10)16-4/h5-7,9,15H,8,14H2,1-4H3. The second-order valence-corrected chi connectivity index (χ2v) is 4.76. The van der Waals surface area contributed by atoms with E-state index in [1.165, 1.54) is 0 Å². The summed E-state index contributed by atoms with van der Waals surface area (Å²) in [6.07, 6.45) is 0.150. The molecule has 0 saturated heterocycles. The van der Waals surface area contributed by atoms with Gasteiger partial charge in [0.25, 0.3) is 0 Å². The summed E-state index contributed by atoms with van der Waals surface area (Å²) in [7, 11) is 1.63. The lowest BCUT2D eigenvalue weighted by Crippen LogP contribution is -2.30. The Bertz CT molecular complexity index is 353. The first kappa shape index (κ1) is 13.0. The maximum atomic E-state index is 9.52. The molecular weight excluding hydrogens is 202 g/mol. The van der Waals surface area contributed by atoms with Gasteiger partial charge in [-0.1, -0.05) is 12.1 Å². The fourth-order valence-corrected chi connectivity index (χ4v) is 1.87. The lowest BCUT2D eigenvalue weighted by Gasteiger charge is -2.25. The summed E-state index contributed by atoms with van der Waals surface area (Å²) in [5, 5.41) is 9.52. The number of methoxy groups -OCH3 is 1. The van der Waals surface area contributed by atoms with Crippen LogP contribution in [0.1, 0.15) is 31.9 Å². The minimum atomic E-state index is -0.432. The van der Waals surface area contributed by atoms with Crippen LogP contribution in [0, 0.1) is 0 Å². The van der Waals surface area contributed by atoms with Crippen molar-refractivity contribution in [2.24, 2.45) is 5.73 Å². The third-order valence-electron chi connectivity index (χ3n) is 2.55. The Kier molecular flexibility index (Phi) is 3.94. The van der Waals surface area contributed by atoms with E-state index in [-0.39, 0.29) is 0 Å². The third-order valence-corrected chi connectivity index (χ3v) is 2.55. The average molecular weight is 223 g/mol. The number of nitrogens with two attached hydrogens (primary N) is 1. The van der Waals surface area contributed by atoms with Crippen LogP contribution in [0.3, 0.4) is 0 Å². The van der Waals surface area contributed by atoms with Crippen molar-refractivity contribution in [1.29, 1.82) is 0 Å². The van der Waals surface area contributed by atoms with Crippen LogP contribution in [0.4, 0.5) is 0 Å². The van der Waals surface area contributed by atoms with Gasteiger partial charge in [-0.2, -0.15) is 0 Å². The van der Waals surface area contributed by atoms with Gasteiger partial charge in [-0.3, -0.25) is 0 Å². The van der Waals surface area contributed by atoms with Crippen LogP contribution in [0.15, 0.2) is 18.2 Å². The predicted molar refractivity (Wildman–Crippen MR) is 65.6 cm³/mol. The molecule has 0 amide bonds. The molecule has 0 aliphatic carbocycles. The highest BCUT2D eigenvalue weighted by Crippen LogP contribution is 2.29. The fourth-order valence-electron chi connectivity index (χ4n) is 1.87. The molecule has 0 aliphatic heterocycles. The minimum Gasteiger partial charge on any atom is -0.496 e. The molecule has 0 aromatic heterocycles. The van der Waals surface area contributed by atoms with Crippen molar-refractivity contribution in [3.05, 3.63) is 29.3 Å². The molecule has 0 saturated carbocycles. The van der Waals surface area contributed by atoms with Gasteiger partial charge in [-0.05, 0) is 32.4 Å². The molecule has 1 aromatic carbocycles. The smallest absolute Gasteiger partial charge is 0.122 e. The molecule has 0 spiro atoms. The summed E-state index contributed by atoms with van der Waals surface area (Å²) in [5.41, 5.74) is 7.70. The van der Waals surface area contributed by atoms with Crippen LogP contribution in [0.2, 0.25) is 0 Å². The summed E-state index contributed by atoms with van der Waals surface area (Å²) in [6, 6.07) is 5.81. The van der Waals surface area contributed by atoms with E-state index in [2.05, 4.69) is 0 Å². The first-order chi connectivity index (χ1) is 7.36. The molecule has 1 rings (SSSR count). The van der Waals surface area contributed by atoms with Crippen molar-refractivity contribution >= 4 is 0 Å². The maximum Gasteiger partial charge on any atom is 0.122 e. The topological polar surface area (TPSA) is 55.5 Å². The van der Waals surface area contributed by atoms with E-state index in [4.69, 9.17) is 10.5 Å². The highest BCUT2D eigenvalue weighted by Gasteiger charge is 2.21. The third kappa shape index (κ3) is 2.97. The number of aliphatic hydroxyl groups excluding tert-OH is 1. The molecule has 16 heavy (non-hydrogen) atoms. The van der Waals surface area contributed by atoms with Crippen molar-refractivity contribution in [3.8, 4) is 5.75 Å². The largest absolute Gasteiger partial charge is 0.496 e. The van der Waals surface area contributed by atoms with E-state index in [1.54, 1.807) is 14.0 Å². The fraction of sp³-hybridized carbons (Fsp3) is 0.538. The Morgan fingerprint density at radius 1 is 1.44 bits per heavy atom. The molecule has 3 N–H and O–H groups in total. The first-order valence-electron chi connectivity index (χ1n) is 5.49. The lowest BCUT2D eigenvalue weighted by molar-refractivity contribution is 0.193. The van der Waals surface area contributed by atoms with Gasteiger partial charge >= 0.3 is 0 Å². The number of hydrogen-bond acceptors (Lipinski definition) is 3. The monoisotopic (exact) mass is 223 g/mol. The summed E-state index contributed by atoms with van der Waals surface area (Å²) >= 11 is 0. The first-order valence-corrected chi connectivity index (χ1v) is 5.49. The second kappa shape index (κ2) is 4.85. The van der Waals surface area contributed by atoms with E-state index in [0.29, 0.717) is 6.42 Å². The van der Waals surface area contributed by atoms with Crippen molar-refractivity contribution in [1.82, 2.24) is 0 Å². The number of hydrogen-bond donors (Lipinski definition) is 2. The summed E-state index contributed by atoms with van der Waals surface area (Å²) in [6.45, 7) is 5.67. The Balaban J connectivity index is 3.26. The second-order valence-electron chi connectivity index (χ2n) is 4.76. The van der Waals surface area contributed by atoms with Gasteiger partial charge in [0.05, 0.1) is 13.2 Å². The van der Waals surface area contributed by atoms with Crippen molar-refractivity contribution in [3.63, 3.8) is 0 Å². The van der Waals surface area contributed by atoms with Crippen molar-refractivity contribution < 1.29 is 9.84 Å². The van der Waals surface area contributed by atoms with E-state index < -0.39 is 11.6 Å². The zero-order chi connectivity index (χ0) is 12.3. The SMILES string of the molecule is COc1cccc(C(C)(C)N)c1CC(C)O. The molecule has 3 nitrogen and oxygen atoms in total. The van der Waals surface area contributed by atoms with Crippen LogP contribution in [0.5, 0.6) is 5.75 Å². The van der Waals surface area contributed by atoms with Gasteiger partial charge in [0.2, 0.25) is 0 Å². The number of ether oxygens (including phenoxy) is 1. The lowest BCUT2D eigenvalue weighted by atomic mass is 9.88. The summed E-state index contributed by atoms with van der Waals surface area (Å²) in [5.74, 6) is 0.789. The van der Waals surface area contributed by atoms with E-state index in [1.807, 2.05) is 32.0 Å². The highest BCUT2D eigenvalue weighted by molar-refractivity contribution is 5.43. The quantitative estimate of drug-likeness (QED) is 0.818. The Labute approximate surface area is 97.2 Å². The van der Waals surface area contributed by atoms with Crippen LogP contribution >= 0.6 is 0 Å². The number of rotatable bonds is 4. The molecule has 0 bridgehead atoms. The van der Waals surface area contributed by atoms with Gasteiger partial charge in [-0.15, -0.1) is 0 Å². The van der Waals surface area contributed by atoms with Crippen molar-refractivity contribution in [2.75, 3.05) is 7.11 Å². The zero-order valence-electron chi connectivity index (χ0n) is 10.4. The Hall–Kier alpha value is -1.06. The molecule has 0 radical (unpaired) electrons. The normalized spacial score (nSPS) is 13.6. The van der Waals surface area contributed by atoms with Crippen molar-refractivity contribution in [2.45, 2.75) is 38.8 Å². The zero-order valence-corrected chi connectivity index (χ0v) is 10.4. The number of aliphatic hydroxyl groups is 1. The molecular formula is C13H21NO2. The van der Waals surface area contributed by atoms with Gasteiger partial charge in [0.15, 0.2) is 0 Å². The van der Waals surface area contributed by atoms with Gasteiger partial charge in [0, 0.05) is 17.5 Å². The Morgan fingerprint density at radius 3 is 2.50 bits per heavy atom. The maximum absolute atomic E-state index is 9.52. The molecule has 1 unspecified atom stereocenters. The van der Waals surface area contributed by atoms with Crippen LogP contribution < -0.4 is 10.5 Å². The van der Waals surface area contributed by atoms with Crippen LogP contribution in [0.25, 0.3) is 0 Å². The van der Waals surface area contributed by atoms with E-state index >= 15 is 0 Å². The number of benzene rings is 1. The predicted octanol–water partition coefficient (Wildman–Crippen LogP) is 1.81. The summed E-state index contributed by atoms with van der Waals surface area (Å²) in [4.78, 5) is 0. The van der Waals surface area contributed by atoms with Gasteiger partial charge in [0.1, 0.15) is 5.75 Å². The molecule has 1 aromatic rings. The Morgan fingerprint density at radius 2 is 2.06 bits per heavy atom. The molecule has 90 valence electrons.